The first-order valence-electron chi connectivity index (χ1n) is 6.72. The lowest BCUT2D eigenvalue weighted by molar-refractivity contribution is 0.0559. The van der Waals surface area contributed by atoms with Gasteiger partial charge in [-0.05, 0) is 44.8 Å². The SMILES string of the molecule is CN(C)C1(CNC(=O)c2sccc2C#CCO)CCC1. The summed E-state index contributed by atoms with van der Waals surface area (Å²) in [5, 5.41) is 13.6. The van der Waals surface area contributed by atoms with Gasteiger partial charge in [0.05, 0.1) is 0 Å². The maximum atomic E-state index is 12.2. The third-order valence-corrected chi connectivity index (χ3v) is 4.90. The molecule has 0 aromatic carbocycles. The Hall–Kier alpha value is -1.35. The van der Waals surface area contributed by atoms with E-state index in [-0.39, 0.29) is 18.1 Å². The molecule has 1 aromatic rings. The number of aliphatic hydroxyl groups excluding tert-OH is 1. The molecule has 1 heterocycles. The van der Waals surface area contributed by atoms with E-state index in [0.29, 0.717) is 17.0 Å². The third kappa shape index (κ3) is 3.04. The van der Waals surface area contributed by atoms with Crippen molar-refractivity contribution in [3.05, 3.63) is 21.9 Å². The molecule has 20 heavy (non-hydrogen) atoms. The van der Waals surface area contributed by atoms with Crippen LogP contribution >= 0.6 is 11.3 Å². The first-order valence-corrected chi connectivity index (χ1v) is 7.60. The summed E-state index contributed by atoms with van der Waals surface area (Å²) in [5.74, 6) is 5.32. The molecule has 5 heteroatoms. The molecule has 1 aromatic heterocycles. The third-order valence-electron chi connectivity index (χ3n) is 3.98. The lowest BCUT2D eigenvalue weighted by atomic mass is 9.75. The summed E-state index contributed by atoms with van der Waals surface area (Å²) < 4.78 is 0. The molecule has 4 nitrogen and oxygen atoms in total. The first-order chi connectivity index (χ1) is 9.59. The number of thiophene rings is 1. The van der Waals surface area contributed by atoms with Gasteiger partial charge in [0, 0.05) is 17.6 Å². The van der Waals surface area contributed by atoms with Crippen molar-refractivity contribution in [3.63, 3.8) is 0 Å². The van der Waals surface area contributed by atoms with Crippen LogP contribution in [-0.2, 0) is 0 Å². The van der Waals surface area contributed by atoms with Crippen LogP contribution in [0.4, 0.5) is 0 Å². The van der Waals surface area contributed by atoms with Gasteiger partial charge in [-0.3, -0.25) is 4.79 Å². The van der Waals surface area contributed by atoms with Crippen molar-refractivity contribution in [2.45, 2.75) is 24.8 Å². The number of hydrogen-bond acceptors (Lipinski definition) is 4. The van der Waals surface area contributed by atoms with Crippen molar-refractivity contribution in [1.82, 2.24) is 10.2 Å². The van der Waals surface area contributed by atoms with E-state index in [9.17, 15) is 4.79 Å². The van der Waals surface area contributed by atoms with Gasteiger partial charge < -0.3 is 15.3 Å². The molecule has 1 saturated carbocycles. The molecule has 1 fully saturated rings. The van der Waals surface area contributed by atoms with Gasteiger partial charge in [-0.25, -0.2) is 0 Å². The molecule has 108 valence electrons. The smallest absolute Gasteiger partial charge is 0.262 e. The van der Waals surface area contributed by atoms with Gasteiger partial charge in [0.15, 0.2) is 0 Å². The normalized spacial score (nSPS) is 16.2. The predicted molar refractivity (Wildman–Crippen MR) is 80.9 cm³/mol. The van der Waals surface area contributed by atoms with E-state index >= 15 is 0 Å². The average molecular weight is 292 g/mol. The van der Waals surface area contributed by atoms with Crippen LogP contribution < -0.4 is 5.32 Å². The van der Waals surface area contributed by atoms with E-state index in [4.69, 9.17) is 5.11 Å². The number of hydrogen-bond donors (Lipinski definition) is 2. The number of carbonyl (C=O) groups excluding carboxylic acids is 1. The van der Waals surface area contributed by atoms with Crippen LogP contribution in [0.15, 0.2) is 11.4 Å². The number of amides is 1. The van der Waals surface area contributed by atoms with E-state index in [0.717, 1.165) is 12.8 Å². The highest BCUT2D eigenvalue weighted by Gasteiger charge is 2.39. The molecular formula is C15H20N2O2S. The molecule has 1 aliphatic carbocycles. The first kappa shape index (κ1) is 15.0. The molecule has 0 bridgehead atoms. The van der Waals surface area contributed by atoms with E-state index in [2.05, 4.69) is 36.2 Å². The highest BCUT2D eigenvalue weighted by molar-refractivity contribution is 7.12. The average Bonchev–Trinajstić information content (AvgIpc) is 2.82. The number of carbonyl (C=O) groups is 1. The van der Waals surface area contributed by atoms with Crippen LogP contribution in [0.25, 0.3) is 0 Å². The molecule has 0 unspecified atom stereocenters. The number of nitrogens with one attached hydrogen (secondary N) is 1. The number of likely N-dealkylation sites (N-methyl/N-ethyl adjacent to an activating group) is 1. The summed E-state index contributed by atoms with van der Waals surface area (Å²) in [6.45, 7) is 0.476. The molecular weight excluding hydrogens is 272 g/mol. The zero-order valence-corrected chi connectivity index (χ0v) is 12.7. The van der Waals surface area contributed by atoms with Crippen molar-refractivity contribution >= 4 is 17.2 Å². The standard InChI is InChI=1S/C15H20N2O2S/c1-17(2)15(7-4-8-15)11-16-14(19)13-12(5-3-9-18)6-10-20-13/h6,10,18H,4,7-9,11H2,1-2H3,(H,16,19). The van der Waals surface area contributed by atoms with E-state index in [1.54, 1.807) is 0 Å². The quantitative estimate of drug-likeness (QED) is 0.823. The van der Waals surface area contributed by atoms with Crippen LogP contribution in [0.3, 0.4) is 0 Å². The Morgan fingerprint density at radius 2 is 2.30 bits per heavy atom. The van der Waals surface area contributed by atoms with Crippen molar-refractivity contribution in [1.29, 1.82) is 0 Å². The molecule has 1 aliphatic rings. The minimum absolute atomic E-state index is 0.0737. The summed E-state index contributed by atoms with van der Waals surface area (Å²) >= 11 is 1.38. The van der Waals surface area contributed by atoms with Gasteiger partial charge in [-0.2, -0.15) is 0 Å². The summed E-state index contributed by atoms with van der Waals surface area (Å²) in [4.78, 5) is 15.1. The molecule has 2 N–H and O–H groups in total. The minimum Gasteiger partial charge on any atom is -0.384 e. The monoisotopic (exact) mass is 292 g/mol. The van der Waals surface area contributed by atoms with Crippen molar-refractivity contribution in [3.8, 4) is 11.8 Å². The maximum absolute atomic E-state index is 12.2. The van der Waals surface area contributed by atoms with Gasteiger partial charge in [-0.1, -0.05) is 11.8 Å². The van der Waals surface area contributed by atoms with Gasteiger partial charge >= 0.3 is 0 Å². The van der Waals surface area contributed by atoms with Crippen molar-refractivity contribution < 1.29 is 9.90 Å². The van der Waals surface area contributed by atoms with Crippen molar-refractivity contribution in [2.24, 2.45) is 0 Å². The Bertz CT molecular complexity index is 536. The summed E-state index contributed by atoms with van der Waals surface area (Å²) in [6, 6.07) is 1.81. The Labute approximate surface area is 123 Å². The molecule has 0 aliphatic heterocycles. The summed E-state index contributed by atoms with van der Waals surface area (Å²) in [7, 11) is 4.13. The fraction of sp³-hybridized carbons (Fsp3) is 0.533. The zero-order chi connectivity index (χ0) is 14.6. The van der Waals surface area contributed by atoms with E-state index < -0.39 is 0 Å². The molecule has 0 spiro atoms. The lowest BCUT2D eigenvalue weighted by Crippen LogP contribution is -2.57. The Kier molecular flexibility index (Phi) is 4.81. The van der Waals surface area contributed by atoms with Gasteiger partial charge in [0.25, 0.3) is 5.91 Å². The van der Waals surface area contributed by atoms with E-state index in [1.807, 2.05) is 11.4 Å². The zero-order valence-electron chi connectivity index (χ0n) is 11.9. The molecule has 0 radical (unpaired) electrons. The molecule has 0 atom stereocenters. The second-order valence-corrected chi connectivity index (χ2v) is 6.19. The summed E-state index contributed by atoms with van der Waals surface area (Å²) in [5.41, 5.74) is 0.804. The molecule has 2 rings (SSSR count). The highest BCUT2D eigenvalue weighted by Crippen LogP contribution is 2.35. The number of nitrogens with zero attached hydrogens (tertiary/aromatic N) is 1. The largest absolute Gasteiger partial charge is 0.384 e. The number of rotatable bonds is 4. The van der Waals surface area contributed by atoms with Gasteiger partial charge in [0.2, 0.25) is 0 Å². The minimum atomic E-state index is -0.194. The Morgan fingerprint density at radius 1 is 1.55 bits per heavy atom. The fourth-order valence-corrected chi connectivity index (χ4v) is 3.18. The molecule has 0 saturated heterocycles. The van der Waals surface area contributed by atoms with Crippen LogP contribution in [0.1, 0.15) is 34.5 Å². The second kappa shape index (κ2) is 6.40. The number of aliphatic hydroxyl groups is 1. The van der Waals surface area contributed by atoms with Crippen molar-refractivity contribution in [2.75, 3.05) is 27.2 Å². The topological polar surface area (TPSA) is 52.6 Å². The van der Waals surface area contributed by atoms with Crippen LogP contribution in [0, 0.1) is 11.8 Å². The highest BCUT2D eigenvalue weighted by atomic mass is 32.1. The summed E-state index contributed by atoms with van der Waals surface area (Å²) in [6.07, 6.45) is 3.48. The Morgan fingerprint density at radius 3 is 2.85 bits per heavy atom. The van der Waals surface area contributed by atoms with Gasteiger partial charge in [0.1, 0.15) is 11.5 Å². The second-order valence-electron chi connectivity index (χ2n) is 5.28. The van der Waals surface area contributed by atoms with Gasteiger partial charge in [-0.15, -0.1) is 11.3 Å². The van der Waals surface area contributed by atoms with Crippen LogP contribution in [-0.4, -0.2) is 48.7 Å². The van der Waals surface area contributed by atoms with Crippen LogP contribution in [0.2, 0.25) is 0 Å². The predicted octanol–water partition coefficient (Wildman–Crippen LogP) is 1.31. The Balaban J connectivity index is 2.00. The fourth-order valence-electron chi connectivity index (χ4n) is 2.41. The van der Waals surface area contributed by atoms with E-state index in [1.165, 1.54) is 17.8 Å². The molecule has 1 amide bonds. The maximum Gasteiger partial charge on any atom is 0.262 e. The lowest BCUT2D eigenvalue weighted by Gasteiger charge is -2.47. The van der Waals surface area contributed by atoms with Crippen LogP contribution in [0.5, 0.6) is 0 Å².